The molecule has 0 radical (unpaired) electrons. The van der Waals surface area contributed by atoms with Crippen LogP contribution in [0.2, 0.25) is 0 Å². The highest BCUT2D eigenvalue weighted by Gasteiger charge is 2.31. The number of thiophene rings is 1. The van der Waals surface area contributed by atoms with Crippen molar-refractivity contribution in [2.45, 2.75) is 6.42 Å². The molecular formula is C21H13F3N4OS. The van der Waals surface area contributed by atoms with Crippen LogP contribution >= 0.6 is 11.3 Å². The van der Waals surface area contributed by atoms with Crippen molar-refractivity contribution in [2.75, 3.05) is 11.4 Å². The zero-order valence-electron chi connectivity index (χ0n) is 15.3. The molecule has 0 spiro atoms. The molecule has 2 aromatic carbocycles. The van der Waals surface area contributed by atoms with E-state index in [-0.39, 0.29) is 30.0 Å². The second-order valence-electron chi connectivity index (χ2n) is 6.72. The predicted molar refractivity (Wildman–Crippen MR) is 106 cm³/mol. The van der Waals surface area contributed by atoms with Gasteiger partial charge in [-0.1, -0.05) is 12.1 Å². The normalized spacial score (nSPS) is 13.0. The Bertz CT molecular complexity index is 1270. The Morgan fingerprint density at radius 1 is 1.03 bits per heavy atom. The van der Waals surface area contributed by atoms with Crippen LogP contribution in [0.5, 0.6) is 0 Å². The van der Waals surface area contributed by atoms with E-state index >= 15 is 0 Å². The van der Waals surface area contributed by atoms with Gasteiger partial charge in [0.25, 0.3) is 5.91 Å². The zero-order chi connectivity index (χ0) is 20.8. The van der Waals surface area contributed by atoms with Crippen molar-refractivity contribution in [1.29, 1.82) is 0 Å². The Morgan fingerprint density at radius 3 is 2.67 bits per heavy atom. The highest BCUT2D eigenvalue weighted by atomic mass is 32.1. The van der Waals surface area contributed by atoms with Crippen molar-refractivity contribution in [2.24, 2.45) is 0 Å². The van der Waals surface area contributed by atoms with Crippen LogP contribution in [0.3, 0.4) is 0 Å². The maximum Gasteiger partial charge on any atom is 0.297 e. The first kappa shape index (κ1) is 18.6. The van der Waals surface area contributed by atoms with Gasteiger partial charge in [-0.05, 0) is 42.1 Å². The molecule has 0 aliphatic carbocycles. The van der Waals surface area contributed by atoms with E-state index in [0.29, 0.717) is 11.5 Å². The second kappa shape index (κ2) is 7.10. The molecule has 9 heteroatoms. The summed E-state index contributed by atoms with van der Waals surface area (Å²) in [6, 6.07) is 11.4. The lowest BCUT2D eigenvalue weighted by Gasteiger charge is -2.15. The van der Waals surface area contributed by atoms with Crippen LogP contribution in [0.4, 0.5) is 18.9 Å². The van der Waals surface area contributed by atoms with Gasteiger partial charge in [-0.25, -0.2) is 22.8 Å². The van der Waals surface area contributed by atoms with E-state index in [1.165, 1.54) is 39.1 Å². The standard InChI is InChI=1S/C21H13F3N4OS/c22-12-3-1-4-14(9-12)28-20(18-5-2-8-30-18)25-19(26-28)21(29)27-7-6-15-16(24)10-13(23)11-17(15)27/h1-5,8-11H,6-7H2. The van der Waals surface area contributed by atoms with E-state index in [4.69, 9.17) is 0 Å². The van der Waals surface area contributed by atoms with Gasteiger partial charge in [0.15, 0.2) is 5.82 Å². The van der Waals surface area contributed by atoms with Gasteiger partial charge in [0.05, 0.1) is 16.3 Å². The number of halogens is 3. The number of amides is 1. The number of carbonyl (C=O) groups excluding carboxylic acids is 1. The lowest BCUT2D eigenvalue weighted by molar-refractivity contribution is 0.0979. The largest absolute Gasteiger partial charge is 0.305 e. The number of benzene rings is 2. The van der Waals surface area contributed by atoms with E-state index in [9.17, 15) is 18.0 Å². The van der Waals surface area contributed by atoms with Crippen LogP contribution in [0.15, 0.2) is 53.9 Å². The number of fused-ring (bicyclic) bond motifs is 1. The molecule has 1 amide bonds. The van der Waals surface area contributed by atoms with E-state index in [0.717, 1.165) is 17.0 Å². The average molecular weight is 426 g/mol. The van der Waals surface area contributed by atoms with Crippen molar-refractivity contribution in [3.63, 3.8) is 0 Å². The minimum Gasteiger partial charge on any atom is -0.305 e. The third-order valence-corrected chi connectivity index (χ3v) is 5.72. The molecule has 5 rings (SSSR count). The topological polar surface area (TPSA) is 51.0 Å². The lowest BCUT2D eigenvalue weighted by atomic mass is 10.1. The van der Waals surface area contributed by atoms with Crippen molar-refractivity contribution >= 4 is 22.9 Å². The first-order valence-corrected chi connectivity index (χ1v) is 9.96. The van der Waals surface area contributed by atoms with Crippen LogP contribution in [0, 0.1) is 17.5 Å². The zero-order valence-corrected chi connectivity index (χ0v) is 16.2. The molecule has 0 saturated carbocycles. The molecule has 30 heavy (non-hydrogen) atoms. The summed E-state index contributed by atoms with van der Waals surface area (Å²) in [5, 5.41) is 6.16. The van der Waals surface area contributed by atoms with Gasteiger partial charge in [0, 0.05) is 18.2 Å². The Morgan fingerprint density at radius 2 is 1.90 bits per heavy atom. The van der Waals surface area contributed by atoms with Gasteiger partial charge in [-0.15, -0.1) is 16.4 Å². The van der Waals surface area contributed by atoms with Gasteiger partial charge < -0.3 is 4.90 Å². The predicted octanol–water partition coefficient (Wildman–Crippen LogP) is 4.62. The molecule has 0 N–H and O–H groups in total. The number of hydrogen-bond acceptors (Lipinski definition) is 4. The number of aromatic nitrogens is 3. The summed E-state index contributed by atoms with van der Waals surface area (Å²) in [4.78, 5) is 19.5. The molecule has 4 aromatic rings. The number of rotatable bonds is 3. The third-order valence-electron chi connectivity index (χ3n) is 4.85. The summed E-state index contributed by atoms with van der Waals surface area (Å²) in [5.74, 6) is -2.23. The molecule has 5 nitrogen and oxygen atoms in total. The minimum absolute atomic E-state index is 0.139. The van der Waals surface area contributed by atoms with E-state index in [1.54, 1.807) is 6.07 Å². The van der Waals surface area contributed by atoms with Crippen molar-refractivity contribution < 1.29 is 18.0 Å². The van der Waals surface area contributed by atoms with Crippen LogP contribution in [0.1, 0.15) is 16.2 Å². The summed E-state index contributed by atoms with van der Waals surface area (Å²) in [5.41, 5.74) is 0.869. The Labute approximate surface area is 173 Å². The highest BCUT2D eigenvalue weighted by molar-refractivity contribution is 7.13. The highest BCUT2D eigenvalue weighted by Crippen LogP contribution is 2.33. The molecule has 1 aliphatic rings. The van der Waals surface area contributed by atoms with Gasteiger partial charge in [0.2, 0.25) is 5.82 Å². The van der Waals surface area contributed by atoms with E-state index in [2.05, 4.69) is 10.1 Å². The summed E-state index contributed by atoms with van der Waals surface area (Å²) in [7, 11) is 0. The Balaban J connectivity index is 1.60. The summed E-state index contributed by atoms with van der Waals surface area (Å²) in [6.45, 7) is 0.192. The summed E-state index contributed by atoms with van der Waals surface area (Å²) < 4.78 is 43.0. The number of hydrogen-bond donors (Lipinski definition) is 0. The molecule has 3 heterocycles. The fourth-order valence-electron chi connectivity index (χ4n) is 3.51. The third kappa shape index (κ3) is 3.07. The van der Waals surface area contributed by atoms with Crippen molar-refractivity contribution in [3.05, 3.63) is 82.8 Å². The molecule has 0 atom stereocenters. The Kier molecular flexibility index (Phi) is 4.39. The molecule has 150 valence electrons. The summed E-state index contributed by atoms with van der Waals surface area (Å²) >= 11 is 1.40. The van der Waals surface area contributed by atoms with Crippen LogP contribution in [-0.2, 0) is 6.42 Å². The quantitative estimate of drug-likeness (QED) is 0.481. The van der Waals surface area contributed by atoms with Crippen molar-refractivity contribution in [1.82, 2.24) is 14.8 Å². The van der Waals surface area contributed by atoms with Crippen LogP contribution in [-0.4, -0.2) is 27.2 Å². The Hall–Kier alpha value is -3.46. The van der Waals surface area contributed by atoms with Crippen LogP contribution < -0.4 is 4.90 Å². The molecule has 0 unspecified atom stereocenters. The monoisotopic (exact) mass is 426 g/mol. The average Bonchev–Trinajstić information content (AvgIpc) is 3.46. The summed E-state index contributed by atoms with van der Waals surface area (Å²) in [6.07, 6.45) is 0.273. The second-order valence-corrected chi connectivity index (χ2v) is 7.67. The van der Waals surface area contributed by atoms with Gasteiger partial charge in [-0.3, -0.25) is 4.79 Å². The number of carbonyl (C=O) groups is 1. The molecule has 0 fully saturated rings. The van der Waals surface area contributed by atoms with Crippen molar-refractivity contribution in [3.8, 4) is 16.4 Å². The molecule has 1 aliphatic heterocycles. The van der Waals surface area contributed by atoms with Gasteiger partial charge in [-0.2, -0.15) is 0 Å². The van der Waals surface area contributed by atoms with Crippen LogP contribution in [0.25, 0.3) is 16.4 Å². The molecule has 2 aromatic heterocycles. The minimum atomic E-state index is -0.761. The fourth-order valence-corrected chi connectivity index (χ4v) is 4.21. The smallest absolute Gasteiger partial charge is 0.297 e. The number of anilines is 1. The maximum absolute atomic E-state index is 14.1. The number of nitrogens with zero attached hydrogens (tertiary/aromatic N) is 4. The van der Waals surface area contributed by atoms with Gasteiger partial charge in [0.1, 0.15) is 17.5 Å². The fraction of sp³-hybridized carbons (Fsp3) is 0.0952. The molecule has 0 saturated heterocycles. The maximum atomic E-state index is 14.1. The SMILES string of the molecule is O=C(c1nc(-c2cccs2)n(-c2cccc(F)c2)n1)N1CCc2c(F)cc(F)cc21. The van der Waals surface area contributed by atoms with E-state index < -0.39 is 23.4 Å². The van der Waals surface area contributed by atoms with Gasteiger partial charge >= 0.3 is 0 Å². The molecular weight excluding hydrogens is 413 g/mol. The first-order chi connectivity index (χ1) is 14.5. The lowest BCUT2D eigenvalue weighted by Crippen LogP contribution is -2.30. The molecule has 0 bridgehead atoms. The van der Waals surface area contributed by atoms with E-state index in [1.807, 2.05) is 17.5 Å². The first-order valence-electron chi connectivity index (χ1n) is 9.08.